The van der Waals surface area contributed by atoms with E-state index in [0.29, 0.717) is 12.2 Å². The molecule has 34 heavy (non-hydrogen) atoms. The highest BCUT2D eigenvalue weighted by Gasteiger charge is 2.33. The van der Waals surface area contributed by atoms with Gasteiger partial charge in [0.2, 0.25) is 0 Å². The first-order valence-corrected chi connectivity index (χ1v) is 12.7. The van der Waals surface area contributed by atoms with Crippen molar-refractivity contribution in [1.29, 1.82) is 0 Å². The largest absolute Gasteiger partial charge is 0.507 e. The first-order chi connectivity index (χ1) is 15.9. The number of halogens is 1. The molecule has 5 nitrogen and oxygen atoms in total. The zero-order valence-corrected chi connectivity index (χ0v) is 23.0. The number of carbonyl (C=O) groups is 1. The second kappa shape index (κ2) is 10.1. The maximum absolute atomic E-state index is 13.5. The molecule has 0 bridgehead atoms. The number of phenolic OH excluding ortho intramolecular Hbond substituents is 1. The molecule has 0 spiro atoms. The van der Waals surface area contributed by atoms with Gasteiger partial charge in [-0.3, -0.25) is 4.79 Å². The van der Waals surface area contributed by atoms with E-state index >= 15 is 0 Å². The molecule has 1 atom stereocenters. The highest BCUT2D eigenvalue weighted by molar-refractivity contribution is 9.08. The molecule has 1 heterocycles. The lowest BCUT2D eigenvalue weighted by Crippen LogP contribution is -2.32. The van der Waals surface area contributed by atoms with E-state index in [2.05, 4.69) is 78.7 Å². The van der Waals surface area contributed by atoms with Crippen LogP contribution in [0.4, 0.5) is 0 Å². The zero-order chi connectivity index (χ0) is 25.3. The van der Waals surface area contributed by atoms with Gasteiger partial charge in [-0.25, -0.2) is 0 Å². The number of amidine groups is 1. The lowest BCUT2D eigenvalue weighted by atomic mass is 9.78. The van der Waals surface area contributed by atoms with E-state index < -0.39 is 0 Å². The molecule has 0 aromatic heterocycles. The normalized spacial score (nSPS) is 17.9. The summed E-state index contributed by atoms with van der Waals surface area (Å²) in [6, 6.07) is 11.8. The average molecular weight is 530 g/mol. The average Bonchev–Trinajstić information content (AvgIpc) is 3.15. The fraction of sp³-hybridized carbons (Fsp3) is 0.500. The summed E-state index contributed by atoms with van der Waals surface area (Å²) in [5.74, 6) is 2.15. The van der Waals surface area contributed by atoms with E-state index in [0.717, 1.165) is 41.2 Å². The molecule has 184 valence electrons. The van der Waals surface area contributed by atoms with E-state index in [4.69, 9.17) is 4.74 Å². The topological polar surface area (TPSA) is 62.1 Å². The van der Waals surface area contributed by atoms with Crippen molar-refractivity contribution in [3.05, 3.63) is 58.7 Å². The van der Waals surface area contributed by atoms with Gasteiger partial charge in [-0.05, 0) is 54.0 Å². The second-order valence-electron chi connectivity index (χ2n) is 11.1. The van der Waals surface area contributed by atoms with Crippen molar-refractivity contribution in [2.24, 2.45) is 4.02 Å². The number of nitrogens with zero attached hydrogens (tertiary/aromatic N) is 2. The molecule has 1 N–H and O–H groups in total. The highest BCUT2D eigenvalue weighted by atomic mass is 79.9. The third-order valence-electron chi connectivity index (χ3n) is 6.39. The van der Waals surface area contributed by atoms with Crippen molar-refractivity contribution in [3.63, 3.8) is 0 Å². The minimum atomic E-state index is -0.282. The van der Waals surface area contributed by atoms with Crippen LogP contribution in [0.2, 0.25) is 0 Å². The molecule has 0 radical (unpaired) electrons. The van der Waals surface area contributed by atoms with Crippen LogP contribution in [0, 0.1) is 0 Å². The second-order valence-corrected chi connectivity index (χ2v) is 11.4. The maximum atomic E-state index is 13.5. The van der Waals surface area contributed by atoms with Crippen molar-refractivity contribution in [1.82, 2.24) is 4.90 Å². The third kappa shape index (κ3) is 5.65. The van der Waals surface area contributed by atoms with Crippen molar-refractivity contribution in [3.8, 4) is 11.5 Å². The standard InChI is InChI=1S/C28H37BrN2O3/c1-8-34-20-11-9-18(10-12-20)21-13-14-31(26(21)30-29)17-24(32)19-15-22(27(2,3)4)25(33)23(16-19)28(5,6)7/h9-12,15-16,21,33H,8,13-14,17H2,1-7H3/b30-26-/t21-/m0/s1. The Labute approximate surface area is 212 Å². The molecule has 0 saturated carbocycles. The number of ketones is 1. The Morgan fingerprint density at radius 1 is 1.09 bits per heavy atom. The number of carbonyl (C=O) groups excluding carboxylic acids is 1. The molecule has 2 aromatic rings. The van der Waals surface area contributed by atoms with Crippen LogP contribution in [0.15, 0.2) is 40.4 Å². The monoisotopic (exact) mass is 528 g/mol. The predicted octanol–water partition coefficient (Wildman–Crippen LogP) is 6.77. The Kier molecular flexibility index (Phi) is 7.81. The molecule has 1 fully saturated rings. The van der Waals surface area contributed by atoms with Gasteiger partial charge in [0.05, 0.1) is 29.3 Å². The molecular formula is C28H37BrN2O3. The number of Topliss-reactive ketones (excluding diaryl/α,β-unsaturated/α-hetero) is 1. The van der Waals surface area contributed by atoms with Gasteiger partial charge in [0, 0.05) is 29.2 Å². The molecule has 1 aliphatic heterocycles. The van der Waals surface area contributed by atoms with Crippen LogP contribution in [0.5, 0.6) is 11.5 Å². The summed E-state index contributed by atoms with van der Waals surface area (Å²) in [6.45, 7) is 15.9. The number of rotatable bonds is 6. The number of hydrogen-bond acceptors (Lipinski definition) is 4. The van der Waals surface area contributed by atoms with Crippen LogP contribution in [-0.4, -0.2) is 41.3 Å². The van der Waals surface area contributed by atoms with Crippen LogP contribution in [0.3, 0.4) is 0 Å². The quantitative estimate of drug-likeness (QED) is 0.420. The lowest BCUT2D eigenvalue weighted by molar-refractivity contribution is 0.0966. The van der Waals surface area contributed by atoms with Gasteiger partial charge in [0.25, 0.3) is 0 Å². The first-order valence-electron chi connectivity index (χ1n) is 11.9. The number of hydrogen-bond donors (Lipinski definition) is 1. The van der Waals surface area contributed by atoms with Crippen LogP contribution in [0.25, 0.3) is 0 Å². The fourth-order valence-electron chi connectivity index (χ4n) is 4.50. The number of aromatic hydroxyl groups is 1. The molecule has 1 saturated heterocycles. The molecule has 1 aliphatic rings. The predicted molar refractivity (Wildman–Crippen MR) is 143 cm³/mol. The number of phenols is 1. The SMILES string of the molecule is CCOc1ccc([C@@H]2CCN(CC(=O)c3cc(C(C)(C)C)c(O)c(C(C)(C)C)c3)/C2=N\Br)cc1. The maximum Gasteiger partial charge on any atom is 0.182 e. The Bertz CT molecular complexity index is 1030. The first kappa shape index (κ1) is 26.3. The smallest absolute Gasteiger partial charge is 0.182 e. The number of ether oxygens (including phenoxy) is 1. The Morgan fingerprint density at radius 2 is 1.65 bits per heavy atom. The van der Waals surface area contributed by atoms with Crippen molar-refractivity contribution < 1.29 is 14.6 Å². The summed E-state index contributed by atoms with van der Waals surface area (Å²) in [5.41, 5.74) is 2.82. The highest BCUT2D eigenvalue weighted by Crippen LogP contribution is 2.40. The summed E-state index contributed by atoms with van der Waals surface area (Å²) in [4.78, 5) is 15.5. The Morgan fingerprint density at radius 3 is 2.12 bits per heavy atom. The number of benzene rings is 2. The molecule has 0 amide bonds. The summed E-state index contributed by atoms with van der Waals surface area (Å²) in [5, 5.41) is 11.0. The summed E-state index contributed by atoms with van der Waals surface area (Å²) in [6.07, 6.45) is 0.891. The lowest BCUT2D eigenvalue weighted by Gasteiger charge is -2.28. The third-order valence-corrected chi connectivity index (χ3v) is 6.75. The van der Waals surface area contributed by atoms with Crippen molar-refractivity contribution >= 4 is 27.8 Å². The minimum absolute atomic E-state index is 0.0250. The van der Waals surface area contributed by atoms with E-state index in [1.807, 2.05) is 31.2 Å². The van der Waals surface area contributed by atoms with Gasteiger partial charge in [-0.2, -0.15) is 4.02 Å². The summed E-state index contributed by atoms with van der Waals surface area (Å²) in [7, 11) is 0. The fourth-order valence-corrected chi connectivity index (χ4v) is 4.98. The van der Waals surface area contributed by atoms with Crippen LogP contribution in [0.1, 0.15) is 87.9 Å². The zero-order valence-electron chi connectivity index (χ0n) is 21.4. The van der Waals surface area contributed by atoms with Crippen molar-refractivity contribution in [2.75, 3.05) is 19.7 Å². The molecule has 6 heteroatoms. The van der Waals surface area contributed by atoms with E-state index in [-0.39, 0.29) is 34.8 Å². The van der Waals surface area contributed by atoms with E-state index in [1.54, 1.807) is 0 Å². The van der Waals surface area contributed by atoms with Gasteiger partial charge < -0.3 is 14.7 Å². The van der Waals surface area contributed by atoms with Crippen LogP contribution in [-0.2, 0) is 10.8 Å². The molecular weight excluding hydrogens is 492 g/mol. The van der Waals surface area contributed by atoms with Gasteiger partial charge in [0.15, 0.2) is 5.78 Å². The van der Waals surface area contributed by atoms with Crippen molar-refractivity contribution in [2.45, 2.75) is 71.6 Å². The molecule has 0 unspecified atom stereocenters. The number of likely N-dealkylation sites (tertiary alicyclic amines) is 1. The van der Waals surface area contributed by atoms with E-state index in [1.165, 1.54) is 0 Å². The van der Waals surface area contributed by atoms with Gasteiger partial charge in [-0.15, -0.1) is 0 Å². The van der Waals surface area contributed by atoms with Gasteiger partial charge >= 0.3 is 0 Å². The molecule has 0 aliphatic carbocycles. The van der Waals surface area contributed by atoms with E-state index in [9.17, 15) is 9.90 Å². The van der Waals surface area contributed by atoms with Gasteiger partial charge in [0.1, 0.15) is 17.3 Å². The molecule has 2 aromatic carbocycles. The Hall–Kier alpha value is -2.34. The summed E-state index contributed by atoms with van der Waals surface area (Å²) < 4.78 is 9.95. The Balaban J connectivity index is 1.86. The molecule has 3 rings (SSSR count). The summed E-state index contributed by atoms with van der Waals surface area (Å²) >= 11 is 3.30. The van der Waals surface area contributed by atoms with Crippen LogP contribution < -0.4 is 4.74 Å². The minimum Gasteiger partial charge on any atom is -0.507 e. The van der Waals surface area contributed by atoms with Crippen LogP contribution >= 0.6 is 16.1 Å². The van der Waals surface area contributed by atoms with Gasteiger partial charge in [-0.1, -0.05) is 53.7 Å².